The summed E-state index contributed by atoms with van der Waals surface area (Å²) in [6.07, 6.45) is 1.19. The van der Waals surface area contributed by atoms with E-state index in [1.165, 1.54) is 0 Å². The Morgan fingerprint density at radius 1 is 1.10 bits per heavy atom. The van der Waals surface area contributed by atoms with Crippen molar-refractivity contribution in [2.75, 3.05) is 4.90 Å². The second-order valence-electron chi connectivity index (χ2n) is 8.73. The first-order chi connectivity index (χ1) is 13.8. The highest BCUT2D eigenvalue weighted by molar-refractivity contribution is 6.01. The average Bonchev–Trinajstić information content (AvgIpc) is 2.67. The number of Topliss-reactive ketones (excluding diaryl/α,β-unsaturated/α-hetero) is 1. The number of rotatable bonds is 2. The number of aryl methyl sites for hydroxylation is 1. The predicted octanol–water partition coefficient (Wildman–Crippen LogP) is 4.94. The molecule has 0 saturated heterocycles. The summed E-state index contributed by atoms with van der Waals surface area (Å²) in [5, 5.41) is 10.1. The van der Waals surface area contributed by atoms with Crippen molar-refractivity contribution in [2.24, 2.45) is 11.1 Å². The topological polar surface area (TPSA) is 70.1 Å². The second-order valence-corrected chi connectivity index (χ2v) is 8.73. The van der Waals surface area contributed by atoms with Gasteiger partial charge in [0.05, 0.1) is 17.6 Å². The lowest BCUT2D eigenvalue weighted by Crippen LogP contribution is -2.42. The first-order valence-corrected chi connectivity index (χ1v) is 9.90. The highest BCUT2D eigenvalue weighted by Gasteiger charge is 2.44. The molecule has 29 heavy (non-hydrogen) atoms. The molecule has 2 aromatic carbocycles. The lowest BCUT2D eigenvalue weighted by Gasteiger charge is -2.43. The second kappa shape index (κ2) is 6.93. The van der Waals surface area contributed by atoms with Crippen LogP contribution in [0.3, 0.4) is 0 Å². The van der Waals surface area contributed by atoms with Crippen LogP contribution in [0.15, 0.2) is 77.3 Å². The Morgan fingerprint density at radius 3 is 2.48 bits per heavy atom. The number of ketones is 1. The molecule has 2 aromatic rings. The van der Waals surface area contributed by atoms with E-state index >= 15 is 0 Å². The van der Waals surface area contributed by atoms with E-state index in [9.17, 15) is 10.1 Å². The third kappa shape index (κ3) is 3.23. The Bertz CT molecular complexity index is 1090. The molecule has 0 radical (unpaired) electrons. The van der Waals surface area contributed by atoms with Gasteiger partial charge in [0.1, 0.15) is 5.82 Å². The van der Waals surface area contributed by atoms with Crippen LogP contribution in [-0.4, -0.2) is 5.78 Å². The molecule has 0 bridgehead atoms. The molecule has 0 saturated carbocycles. The Kier molecular flexibility index (Phi) is 4.55. The van der Waals surface area contributed by atoms with Gasteiger partial charge in [0, 0.05) is 23.4 Å². The van der Waals surface area contributed by atoms with Crippen LogP contribution in [0.5, 0.6) is 0 Å². The van der Waals surface area contributed by atoms with Crippen molar-refractivity contribution >= 4 is 11.5 Å². The number of nitrogens with two attached hydrogens (primary N) is 1. The first-order valence-electron chi connectivity index (χ1n) is 9.90. The van der Waals surface area contributed by atoms with Gasteiger partial charge in [0.15, 0.2) is 5.78 Å². The summed E-state index contributed by atoms with van der Waals surface area (Å²) in [6, 6.07) is 20.1. The van der Waals surface area contributed by atoms with Crippen LogP contribution in [0.25, 0.3) is 0 Å². The number of carbonyl (C=O) groups is 1. The van der Waals surface area contributed by atoms with Gasteiger partial charge in [-0.3, -0.25) is 9.69 Å². The average molecular weight is 383 g/mol. The normalized spacial score (nSPS) is 21.1. The fraction of sp³-hybridized carbons (Fsp3) is 0.280. The maximum atomic E-state index is 13.4. The van der Waals surface area contributed by atoms with Crippen LogP contribution in [0.2, 0.25) is 0 Å². The number of nitriles is 1. The minimum atomic E-state index is -0.418. The summed E-state index contributed by atoms with van der Waals surface area (Å²) in [7, 11) is 0. The van der Waals surface area contributed by atoms with E-state index in [2.05, 4.69) is 19.9 Å². The molecule has 2 N–H and O–H groups in total. The fourth-order valence-electron chi connectivity index (χ4n) is 4.56. The Morgan fingerprint density at radius 2 is 1.83 bits per heavy atom. The zero-order valence-corrected chi connectivity index (χ0v) is 17.1. The smallest absolute Gasteiger partial charge is 0.162 e. The van der Waals surface area contributed by atoms with Gasteiger partial charge in [-0.1, -0.05) is 61.9 Å². The summed E-state index contributed by atoms with van der Waals surface area (Å²) < 4.78 is 0. The number of carbonyl (C=O) groups excluding carboxylic acids is 1. The van der Waals surface area contributed by atoms with Crippen LogP contribution in [0.1, 0.15) is 43.7 Å². The minimum Gasteiger partial charge on any atom is -0.384 e. The molecule has 4 heteroatoms. The number of benzene rings is 2. The van der Waals surface area contributed by atoms with Crippen LogP contribution in [0.4, 0.5) is 5.69 Å². The fourth-order valence-corrected chi connectivity index (χ4v) is 4.56. The Hall–Kier alpha value is -3.32. The highest BCUT2D eigenvalue weighted by Crippen LogP contribution is 2.50. The van der Waals surface area contributed by atoms with Gasteiger partial charge in [-0.2, -0.15) is 5.26 Å². The molecule has 0 spiro atoms. The van der Waals surface area contributed by atoms with Crippen molar-refractivity contribution in [2.45, 2.75) is 39.5 Å². The molecule has 4 rings (SSSR count). The quantitative estimate of drug-likeness (QED) is 0.798. The summed E-state index contributed by atoms with van der Waals surface area (Å²) in [4.78, 5) is 15.3. The van der Waals surface area contributed by atoms with Gasteiger partial charge in [0.25, 0.3) is 0 Å². The molecule has 0 amide bonds. The Balaban J connectivity index is 2.01. The van der Waals surface area contributed by atoms with Crippen molar-refractivity contribution in [3.63, 3.8) is 0 Å². The van der Waals surface area contributed by atoms with Crippen molar-refractivity contribution in [1.29, 1.82) is 5.26 Å². The zero-order valence-electron chi connectivity index (χ0n) is 17.1. The standard InChI is InChI=1S/C25H25N3O/c1-16-8-7-9-17(12-16)22-19(15-26)24(27)28(18-10-5-4-6-11-18)20-13-25(2,3)14-21(29)23(20)22/h4-12,22H,13-14,27H2,1-3H3. The summed E-state index contributed by atoms with van der Waals surface area (Å²) in [5.74, 6) is 0.0943. The van der Waals surface area contributed by atoms with E-state index in [-0.39, 0.29) is 11.2 Å². The van der Waals surface area contributed by atoms with Crippen molar-refractivity contribution in [3.8, 4) is 6.07 Å². The van der Waals surface area contributed by atoms with Crippen LogP contribution >= 0.6 is 0 Å². The van der Waals surface area contributed by atoms with E-state index in [0.717, 1.165) is 28.9 Å². The lowest BCUT2D eigenvalue weighted by atomic mass is 9.68. The van der Waals surface area contributed by atoms with Gasteiger partial charge < -0.3 is 5.73 Å². The van der Waals surface area contributed by atoms with E-state index < -0.39 is 5.92 Å². The van der Waals surface area contributed by atoms with E-state index in [4.69, 9.17) is 5.73 Å². The minimum absolute atomic E-state index is 0.101. The first kappa shape index (κ1) is 19.0. The molecule has 1 unspecified atom stereocenters. The molecule has 0 aromatic heterocycles. The number of para-hydroxylation sites is 1. The van der Waals surface area contributed by atoms with Gasteiger partial charge >= 0.3 is 0 Å². The van der Waals surface area contributed by atoms with Crippen LogP contribution < -0.4 is 10.6 Å². The number of hydrogen-bond acceptors (Lipinski definition) is 4. The lowest BCUT2D eigenvalue weighted by molar-refractivity contribution is -0.118. The number of hydrogen-bond donors (Lipinski definition) is 1. The summed E-state index contributed by atoms with van der Waals surface area (Å²) in [6.45, 7) is 6.24. The number of allylic oxidation sites excluding steroid dienone is 3. The highest BCUT2D eigenvalue weighted by atomic mass is 16.1. The van der Waals surface area contributed by atoms with E-state index in [1.807, 2.05) is 66.4 Å². The molecule has 146 valence electrons. The molecule has 2 aliphatic rings. The van der Waals surface area contributed by atoms with Crippen molar-refractivity contribution in [3.05, 3.63) is 88.4 Å². The largest absolute Gasteiger partial charge is 0.384 e. The summed E-state index contributed by atoms with van der Waals surface area (Å²) in [5.41, 5.74) is 11.4. The number of nitrogens with zero attached hydrogens (tertiary/aromatic N) is 2. The van der Waals surface area contributed by atoms with Gasteiger partial charge in [0.2, 0.25) is 0 Å². The van der Waals surface area contributed by atoms with Gasteiger partial charge in [-0.15, -0.1) is 0 Å². The maximum absolute atomic E-state index is 13.4. The maximum Gasteiger partial charge on any atom is 0.162 e. The molecule has 1 aliphatic heterocycles. The molecule has 0 fully saturated rings. The SMILES string of the molecule is Cc1cccc(C2C(C#N)=C(N)N(c3ccccc3)C3=C2C(=O)CC(C)(C)C3)c1. The van der Waals surface area contributed by atoms with Gasteiger partial charge in [-0.05, 0) is 36.5 Å². The van der Waals surface area contributed by atoms with Gasteiger partial charge in [-0.25, -0.2) is 0 Å². The third-order valence-electron chi connectivity index (χ3n) is 5.77. The van der Waals surface area contributed by atoms with Crippen molar-refractivity contribution in [1.82, 2.24) is 0 Å². The van der Waals surface area contributed by atoms with Crippen LogP contribution in [-0.2, 0) is 4.79 Å². The van der Waals surface area contributed by atoms with Crippen molar-refractivity contribution < 1.29 is 4.79 Å². The molecular formula is C25H25N3O. The summed E-state index contributed by atoms with van der Waals surface area (Å²) >= 11 is 0. The van der Waals surface area contributed by atoms with E-state index in [0.29, 0.717) is 23.4 Å². The Labute approximate surface area is 171 Å². The molecule has 1 heterocycles. The molecule has 1 aliphatic carbocycles. The predicted molar refractivity (Wildman–Crippen MR) is 115 cm³/mol. The zero-order chi connectivity index (χ0) is 20.8. The molecule has 1 atom stereocenters. The molecule has 4 nitrogen and oxygen atoms in total. The molecular weight excluding hydrogens is 358 g/mol. The monoisotopic (exact) mass is 383 g/mol. The third-order valence-corrected chi connectivity index (χ3v) is 5.77. The van der Waals surface area contributed by atoms with E-state index in [1.54, 1.807) is 0 Å². The number of anilines is 1. The van der Waals surface area contributed by atoms with Crippen LogP contribution in [0, 0.1) is 23.7 Å².